The molecule has 1 aliphatic rings. The highest BCUT2D eigenvalue weighted by atomic mass is 16.2. The number of nitrogens with zero attached hydrogens (tertiary/aromatic N) is 1. The standard InChI is InChI=1S/C11H16N4O2/c1-2-7-5-9(15-14-7)11(17)12-6-10(16)13-8-3-4-8/h5,8H,2-4,6H2,1H3,(H,12,17)(H,13,16)(H,14,15). The average molecular weight is 236 g/mol. The molecular formula is C11H16N4O2. The third kappa shape index (κ3) is 3.30. The van der Waals surface area contributed by atoms with E-state index in [1.54, 1.807) is 6.07 Å². The van der Waals surface area contributed by atoms with Crippen LogP contribution < -0.4 is 10.6 Å². The van der Waals surface area contributed by atoms with Crippen LogP contribution in [0.15, 0.2) is 6.07 Å². The maximum absolute atomic E-state index is 11.6. The summed E-state index contributed by atoms with van der Waals surface area (Å²) in [6.07, 6.45) is 2.88. The molecule has 92 valence electrons. The molecule has 1 fully saturated rings. The molecule has 2 rings (SSSR count). The van der Waals surface area contributed by atoms with Gasteiger partial charge in [-0.1, -0.05) is 6.92 Å². The summed E-state index contributed by atoms with van der Waals surface area (Å²) in [5, 5.41) is 12.0. The van der Waals surface area contributed by atoms with Crippen LogP contribution in [0.25, 0.3) is 0 Å². The molecule has 0 spiro atoms. The van der Waals surface area contributed by atoms with Crippen LogP contribution in [0.5, 0.6) is 0 Å². The Morgan fingerprint density at radius 3 is 2.88 bits per heavy atom. The number of amides is 2. The molecule has 0 radical (unpaired) electrons. The van der Waals surface area contributed by atoms with E-state index in [0.29, 0.717) is 11.7 Å². The second-order valence-corrected chi connectivity index (χ2v) is 4.16. The Hall–Kier alpha value is -1.85. The monoisotopic (exact) mass is 236 g/mol. The Balaban J connectivity index is 1.77. The topological polar surface area (TPSA) is 86.9 Å². The molecule has 1 aliphatic carbocycles. The van der Waals surface area contributed by atoms with Crippen molar-refractivity contribution in [1.29, 1.82) is 0 Å². The lowest BCUT2D eigenvalue weighted by atomic mass is 10.3. The van der Waals surface area contributed by atoms with Crippen LogP contribution in [0.4, 0.5) is 0 Å². The third-order valence-electron chi connectivity index (χ3n) is 2.60. The van der Waals surface area contributed by atoms with E-state index in [2.05, 4.69) is 20.8 Å². The van der Waals surface area contributed by atoms with Gasteiger partial charge in [0.15, 0.2) is 0 Å². The molecule has 6 heteroatoms. The predicted octanol–water partition coefficient (Wildman–Crippen LogP) is -0.0195. The van der Waals surface area contributed by atoms with E-state index < -0.39 is 0 Å². The largest absolute Gasteiger partial charge is 0.352 e. The lowest BCUT2D eigenvalue weighted by Crippen LogP contribution is -2.37. The van der Waals surface area contributed by atoms with Gasteiger partial charge in [0.1, 0.15) is 5.69 Å². The normalized spacial score (nSPS) is 14.4. The number of H-pyrrole nitrogens is 1. The minimum Gasteiger partial charge on any atom is -0.352 e. The maximum Gasteiger partial charge on any atom is 0.272 e. The smallest absolute Gasteiger partial charge is 0.272 e. The van der Waals surface area contributed by atoms with Crippen molar-refractivity contribution in [1.82, 2.24) is 20.8 Å². The first-order valence-electron chi connectivity index (χ1n) is 5.81. The number of hydrogen-bond donors (Lipinski definition) is 3. The molecule has 0 aliphatic heterocycles. The first-order chi connectivity index (χ1) is 8.19. The number of hydrogen-bond acceptors (Lipinski definition) is 3. The Kier molecular flexibility index (Phi) is 3.41. The molecule has 3 N–H and O–H groups in total. The second kappa shape index (κ2) is 4.99. The highest BCUT2D eigenvalue weighted by Crippen LogP contribution is 2.18. The van der Waals surface area contributed by atoms with Gasteiger partial charge in [0.25, 0.3) is 5.91 Å². The number of aromatic amines is 1. The summed E-state index contributed by atoms with van der Waals surface area (Å²) in [5.74, 6) is -0.473. The van der Waals surface area contributed by atoms with Gasteiger partial charge in [-0.05, 0) is 25.3 Å². The van der Waals surface area contributed by atoms with E-state index in [0.717, 1.165) is 25.0 Å². The van der Waals surface area contributed by atoms with Crippen molar-refractivity contribution in [3.8, 4) is 0 Å². The van der Waals surface area contributed by atoms with Gasteiger partial charge in [-0.2, -0.15) is 5.10 Å². The van der Waals surface area contributed by atoms with E-state index in [1.807, 2.05) is 6.92 Å². The average Bonchev–Trinajstić information content (AvgIpc) is 2.99. The molecular weight excluding hydrogens is 220 g/mol. The number of aryl methyl sites for hydroxylation is 1. The molecule has 6 nitrogen and oxygen atoms in total. The van der Waals surface area contributed by atoms with Crippen molar-refractivity contribution >= 4 is 11.8 Å². The quantitative estimate of drug-likeness (QED) is 0.671. The van der Waals surface area contributed by atoms with Crippen LogP contribution in [0, 0.1) is 0 Å². The van der Waals surface area contributed by atoms with Gasteiger partial charge in [-0.25, -0.2) is 0 Å². The van der Waals surface area contributed by atoms with E-state index in [9.17, 15) is 9.59 Å². The lowest BCUT2D eigenvalue weighted by molar-refractivity contribution is -0.120. The summed E-state index contributed by atoms with van der Waals surface area (Å²) in [5.41, 5.74) is 1.22. The van der Waals surface area contributed by atoms with E-state index in [-0.39, 0.29) is 18.4 Å². The van der Waals surface area contributed by atoms with E-state index in [1.165, 1.54) is 0 Å². The molecule has 1 aromatic rings. The molecule has 1 aromatic heterocycles. The van der Waals surface area contributed by atoms with Crippen LogP contribution in [0.1, 0.15) is 35.9 Å². The number of aromatic nitrogens is 2. The van der Waals surface area contributed by atoms with Gasteiger partial charge in [-0.15, -0.1) is 0 Å². The van der Waals surface area contributed by atoms with Crippen LogP contribution in [0.3, 0.4) is 0 Å². The van der Waals surface area contributed by atoms with Crippen LogP contribution in [0.2, 0.25) is 0 Å². The van der Waals surface area contributed by atoms with Gasteiger partial charge >= 0.3 is 0 Å². The lowest BCUT2D eigenvalue weighted by Gasteiger charge is -2.03. The van der Waals surface area contributed by atoms with Crippen LogP contribution in [-0.4, -0.2) is 34.6 Å². The van der Waals surface area contributed by atoms with Crippen molar-refractivity contribution < 1.29 is 9.59 Å². The minimum atomic E-state index is -0.327. The summed E-state index contributed by atoms with van der Waals surface area (Å²) in [7, 11) is 0. The van der Waals surface area contributed by atoms with Gasteiger partial charge in [0.05, 0.1) is 6.54 Å². The van der Waals surface area contributed by atoms with Gasteiger partial charge in [-0.3, -0.25) is 14.7 Å². The SMILES string of the molecule is CCc1cc(C(=O)NCC(=O)NC2CC2)n[nH]1. The van der Waals surface area contributed by atoms with Crippen molar-refractivity contribution in [3.63, 3.8) is 0 Å². The third-order valence-corrected chi connectivity index (χ3v) is 2.60. The van der Waals surface area contributed by atoms with Gasteiger partial charge in [0, 0.05) is 11.7 Å². The summed E-state index contributed by atoms with van der Waals surface area (Å²) >= 11 is 0. The summed E-state index contributed by atoms with van der Waals surface area (Å²) in [6, 6.07) is 2.00. The number of carbonyl (C=O) groups excluding carboxylic acids is 2. The highest BCUT2D eigenvalue weighted by Gasteiger charge is 2.23. The van der Waals surface area contributed by atoms with Crippen molar-refractivity contribution in [2.75, 3.05) is 6.54 Å². The molecule has 17 heavy (non-hydrogen) atoms. The summed E-state index contributed by atoms with van der Waals surface area (Å²) < 4.78 is 0. The zero-order valence-corrected chi connectivity index (χ0v) is 9.75. The van der Waals surface area contributed by atoms with Crippen molar-refractivity contribution in [2.24, 2.45) is 0 Å². The maximum atomic E-state index is 11.6. The number of rotatable bonds is 5. The molecule has 1 heterocycles. The summed E-state index contributed by atoms with van der Waals surface area (Å²) in [4.78, 5) is 22.9. The molecule has 0 unspecified atom stereocenters. The fraction of sp³-hybridized carbons (Fsp3) is 0.545. The molecule has 0 aromatic carbocycles. The molecule has 0 saturated heterocycles. The zero-order chi connectivity index (χ0) is 12.3. The van der Waals surface area contributed by atoms with E-state index in [4.69, 9.17) is 0 Å². The number of carbonyl (C=O) groups is 2. The first kappa shape index (κ1) is 11.6. The van der Waals surface area contributed by atoms with Gasteiger partial charge < -0.3 is 10.6 Å². The molecule has 1 saturated carbocycles. The Morgan fingerprint density at radius 1 is 1.53 bits per heavy atom. The second-order valence-electron chi connectivity index (χ2n) is 4.16. The van der Waals surface area contributed by atoms with Crippen molar-refractivity contribution in [3.05, 3.63) is 17.5 Å². The Bertz CT molecular complexity index is 423. The number of nitrogens with one attached hydrogen (secondary N) is 3. The minimum absolute atomic E-state index is 0.00362. The Morgan fingerprint density at radius 2 is 2.29 bits per heavy atom. The van der Waals surface area contributed by atoms with Gasteiger partial charge in [0.2, 0.25) is 5.91 Å². The van der Waals surface area contributed by atoms with Crippen LogP contribution >= 0.6 is 0 Å². The Labute approximate surface area is 99.2 Å². The van der Waals surface area contributed by atoms with Crippen LogP contribution in [-0.2, 0) is 11.2 Å². The fourth-order valence-corrected chi connectivity index (χ4v) is 1.42. The van der Waals surface area contributed by atoms with E-state index >= 15 is 0 Å². The first-order valence-corrected chi connectivity index (χ1v) is 5.81. The van der Waals surface area contributed by atoms with Crippen molar-refractivity contribution in [2.45, 2.75) is 32.2 Å². The highest BCUT2D eigenvalue weighted by molar-refractivity contribution is 5.94. The zero-order valence-electron chi connectivity index (χ0n) is 9.75. The molecule has 0 bridgehead atoms. The molecule has 0 atom stereocenters. The summed E-state index contributed by atoms with van der Waals surface area (Å²) in [6.45, 7) is 1.97. The fourth-order valence-electron chi connectivity index (χ4n) is 1.42. The predicted molar refractivity (Wildman–Crippen MR) is 61.5 cm³/mol. The molecule has 2 amide bonds.